The maximum absolute atomic E-state index is 9.78. The van der Waals surface area contributed by atoms with Crippen molar-refractivity contribution in [1.82, 2.24) is 15.5 Å². The molecule has 2 heterocycles. The van der Waals surface area contributed by atoms with Crippen molar-refractivity contribution >= 4 is 0 Å². The van der Waals surface area contributed by atoms with Crippen LogP contribution < -0.4 is 5.32 Å². The maximum Gasteiger partial charge on any atom is 0.244 e. The topological polar surface area (TPSA) is 91.4 Å². The smallest absolute Gasteiger partial charge is 0.244 e. The van der Waals surface area contributed by atoms with Gasteiger partial charge in [-0.05, 0) is 43.5 Å². The molecule has 0 bridgehead atoms. The second-order valence-corrected chi connectivity index (χ2v) is 5.27. The van der Waals surface area contributed by atoms with Gasteiger partial charge < -0.3 is 20.1 Å². The Morgan fingerprint density at radius 1 is 1.30 bits per heavy atom. The van der Waals surface area contributed by atoms with E-state index in [2.05, 4.69) is 15.5 Å². The number of phenolic OH excluding ortho intramolecular Hbond substituents is 1. The number of nitrogens with one attached hydrogen (secondary N) is 1. The third kappa shape index (κ3) is 2.28. The number of phenols is 1. The summed E-state index contributed by atoms with van der Waals surface area (Å²) in [7, 11) is 0. The van der Waals surface area contributed by atoms with E-state index in [0.717, 1.165) is 16.7 Å². The predicted octanol–water partition coefficient (Wildman–Crippen LogP) is 1.45. The summed E-state index contributed by atoms with van der Waals surface area (Å²) >= 11 is 0. The number of hydrogen-bond donors (Lipinski definition) is 3. The molecule has 1 fully saturated rings. The number of β-amino-alcohol motifs (C(OH)–C–C–N with tert-alkyl or cyclic N) is 1. The van der Waals surface area contributed by atoms with Crippen molar-refractivity contribution in [1.29, 1.82) is 0 Å². The van der Waals surface area contributed by atoms with Crippen molar-refractivity contribution in [2.45, 2.75) is 32.4 Å². The summed E-state index contributed by atoms with van der Waals surface area (Å²) in [5, 5.41) is 26.4. The average Bonchev–Trinajstić information content (AvgIpc) is 3.03. The lowest BCUT2D eigenvalue weighted by Gasteiger charge is -2.05. The molecular formula is C14H17N3O3. The van der Waals surface area contributed by atoms with Crippen LogP contribution >= 0.6 is 0 Å². The van der Waals surface area contributed by atoms with E-state index in [1.165, 1.54) is 0 Å². The SMILES string of the molecule is Cc1cc(-c2noc([C@@H]3CC(O)CN3)n2)cc(C)c1O. The van der Waals surface area contributed by atoms with Crippen LogP contribution in [0, 0.1) is 13.8 Å². The molecule has 0 radical (unpaired) electrons. The lowest BCUT2D eigenvalue weighted by molar-refractivity contribution is 0.191. The van der Waals surface area contributed by atoms with E-state index in [1.807, 2.05) is 26.0 Å². The second-order valence-electron chi connectivity index (χ2n) is 5.27. The fourth-order valence-corrected chi connectivity index (χ4v) is 2.48. The summed E-state index contributed by atoms with van der Waals surface area (Å²) in [6, 6.07) is 3.56. The van der Waals surface area contributed by atoms with Gasteiger partial charge in [-0.2, -0.15) is 4.98 Å². The number of aliphatic hydroxyl groups is 1. The normalized spacial score (nSPS) is 22.4. The molecule has 3 N–H and O–H groups in total. The molecule has 6 nitrogen and oxygen atoms in total. The summed E-state index contributed by atoms with van der Waals surface area (Å²) in [6.07, 6.45) is 0.212. The van der Waals surface area contributed by atoms with E-state index >= 15 is 0 Å². The minimum Gasteiger partial charge on any atom is -0.507 e. The largest absolute Gasteiger partial charge is 0.507 e. The Balaban J connectivity index is 1.90. The van der Waals surface area contributed by atoms with Crippen LogP contribution in [0.3, 0.4) is 0 Å². The number of aryl methyl sites for hydroxylation is 2. The molecule has 106 valence electrons. The highest BCUT2D eigenvalue weighted by Crippen LogP contribution is 2.29. The molecule has 1 aliphatic rings. The van der Waals surface area contributed by atoms with Gasteiger partial charge in [-0.1, -0.05) is 5.16 Å². The van der Waals surface area contributed by atoms with Crippen LogP contribution in [0.5, 0.6) is 5.75 Å². The molecule has 2 aromatic rings. The Morgan fingerprint density at radius 3 is 2.60 bits per heavy atom. The Hall–Kier alpha value is -1.92. The van der Waals surface area contributed by atoms with Gasteiger partial charge in [0.15, 0.2) is 0 Å². The summed E-state index contributed by atoms with van der Waals surface area (Å²) in [4.78, 5) is 4.38. The minimum atomic E-state index is -0.367. The highest BCUT2D eigenvalue weighted by Gasteiger charge is 2.28. The van der Waals surface area contributed by atoms with E-state index in [1.54, 1.807) is 0 Å². The van der Waals surface area contributed by atoms with Crippen molar-refractivity contribution in [3.05, 3.63) is 29.2 Å². The molecule has 1 aliphatic heterocycles. The van der Waals surface area contributed by atoms with Crippen LogP contribution in [0.15, 0.2) is 16.7 Å². The molecule has 2 atom stereocenters. The monoisotopic (exact) mass is 275 g/mol. The summed E-state index contributed by atoms with van der Waals surface area (Å²) < 4.78 is 5.26. The van der Waals surface area contributed by atoms with Gasteiger partial charge in [0.25, 0.3) is 0 Å². The molecule has 0 saturated carbocycles. The third-order valence-electron chi connectivity index (χ3n) is 3.60. The van der Waals surface area contributed by atoms with Gasteiger partial charge in [0.2, 0.25) is 11.7 Å². The predicted molar refractivity (Wildman–Crippen MR) is 72.2 cm³/mol. The molecule has 1 aromatic carbocycles. The summed E-state index contributed by atoms with van der Waals surface area (Å²) in [5.41, 5.74) is 2.37. The zero-order valence-electron chi connectivity index (χ0n) is 11.4. The van der Waals surface area contributed by atoms with Crippen molar-refractivity contribution in [2.24, 2.45) is 0 Å². The van der Waals surface area contributed by atoms with Crippen LogP contribution in [0.25, 0.3) is 11.4 Å². The first-order valence-electron chi connectivity index (χ1n) is 6.60. The highest BCUT2D eigenvalue weighted by molar-refractivity contribution is 5.60. The zero-order valence-corrected chi connectivity index (χ0v) is 11.4. The first-order chi connectivity index (χ1) is 9.54. The fourth-order valence-electron chi connectivity index (χ4n) is 2.48. The van der Waals surface area contributed by atoms with Crippen LogP contribution in [-0.4, -0.2) is 33.0 Å². The van der Waals surface area contributed by atoms with E-state index in [4.69, 9.17) is 4.52 Å². The third-order valence-corrected chi connectivity index (χ3v) is 3.60. The fraction of sp³-hybridized carbons (Fsp3) is 0.429. The van der Waals surface area contributed by atoms with Crippen molar-refractivity contribution in [3.8, 4) is 17.1 Å². The average molecular weight is 275 g/mol. The van der Waals surface area contributed by atoms with Gasteiger partial charge in [0.05, 0.1) is 12.1 Å². The zero-order chi connectivity index (χ0) is 14.3. The molecule has 1 saturated heterocycles. The lowest BCUT2D eigenvalue weighted by atomic mass is 10.1. The number of aromatic nitrogens is 2. The molecular weight excluding hydrogens is 258 g/mol. The Bertz CT molecular complexity index is 615. The number of nitrogens with zero attached hydrogens (tertiary/aromatic N) is 2. The molecule has 20 heavy (non-hydrogen) atoms. The van der Waals surface area contributed by atoms with Crippen LogP contribution in [0.4, 0.5) is 0 Å². The lowest BCUT2D eigenvalue weighted by Crippen LogP contribution is -2.15. The highest BCUT2D eigenvalue weighted by atomic mass is 16.5. The Morgan fingerprint density at radius 2 is 2.00 bits per heavy atom. The molecule has 0 spiro atoms. The van der Waals surface area contributed by atoms with E-state index in [0.29, 0.717) is 24.7 Å². The maximum atomic E-state index is 9.78. The number of benzene rings is 1. The molecule has 3 rings (SSSR count). The van der Waals surface area contributed by atoms with Crippen LogP contribution in [0.1, 0.15) is 29.5 Å². The molecule has 1 unspecified atom stereocenters. The van der Waals surface area contributed by atoms with Crippen LogP contribution in [0.2, 0.25) is 0 Å². The van der Waals surface area contributed by atoms with Gasteiger partial charge in [0.1, 0.15) is 5.75 Å². The molecule has 0 amide bonds. The number of hydrogen-bond acceptors (Lipinski definition) is 6. The van der Waals surface area contributed by atoms with Crippen molar-refractivity contribution in [3.63, 3.8) is 0 Å². The Kier molecular flexibility index (Phi) is 3.19. The first-order valence-corrected chi connectivity index (χ1v) is 6.60. The van der Waals surface area contributed by atoms with Gasteiger partial charge in [-0.3, -0.25) is 0 Å². The second kappa shape index (κ2) is 4.88. The Labute approximate surface area is 116 Å². The first kappa shape index (κ1) is 13.1. The quantitative estimate of drug-likeness (QED) is 0.768. The molecule has 1 aromatic heterocycles. The van der Waals surface area contributed by atoms with Gasteiger partial charge in [-0.15, -0.1) is 0 Å². The summed E-state index contributed by atoms with van der Waals surface area (Å²) in [6.45, 7) is 4.21. The van der Waals surface area contributed by atoms with Crippen molar-refractivity contribution < 1.29 is 14.7 Å². The summed E-state index contributed by atoms with van der Waals surface area (Å²) in [5.74, 6) is 1.27. The van der Waals surface area contributed by atoms with E-state index in [-0.39, 0.29) is 17.9 Å². The number of aliphatic hydroxyl groups excluding tert-OH is 1. The minimum absolute atomic E-state index is 0.0921. The number of rotatable bonds is 2. The van der Waals surface area contributed by atoms with Gasteiger partial charge >= 0.3 is 0 Å². The van der Waals surface area contributed by atoms with Crippen molar-refractivity contribution in [2.75, 3.05) is 6.54 Å². The molecule has 0 aliphatic carbocycles. The van der Waals surface area contributed by atoms with E-state index < -0.39 is 0 Å². The van der Waals surface area contributed by atoms with Gasteiger partial charge in [-0.25, -0.2) is 0 Å². The van der Waals surface area contributed by atoms with Gasteiger partial charge in [0, 0.05) is 12.1 Å². The number of aromatic hydroxyl groups is 1. The van der Waals surface area contributed by atoms with Crippen LogP contribution in [-0.2, 0) is 0 Å². The standard InChI is InChI=1S/C14H17N3O3/c1-7-3-9(4-8(2)12(7)19)13-16-14(20-17-13)11-5-10(18)6-15-11/h3-4,10-11,15,18-19H,5-6H2,1-2H3/t10?,11-/m0/s1. The van der Waals surface area contributed by atoms with E-state index in [9.17, 15) is 10.2 Å². The molecule has 6 heteroatoms.